The Hall–Kier alpha value is -1.25. The first-order chi connectivity index (χ1) is 9.93. The SMILES string of the molecule is CC(=O)SCC(C(=O)N[C@H](CC(=O)O)CC(C)C)C(F)(F)F. The first-order valence-corrected chi connectivity index (χ1v) is 7.64. The van der Waals surface area contributed by atoms with Gasteiger partial charge in [-0.3, -0.25) is 14.4 Å². The van der Waals surface area contributed by atoms with Crippen LogP contribution in [0.5, 0.6) is 0 Å². The maximum atomic E-state index is 12.9. The molecule has 9 heteroatoms. The molecule has 0 saturated heterocycles. The van der Waals surface area contributed by atoms with Gasteiger partial charge in [-0.15, -0.1) is 0 Å². The van der Waals surface area contributed by atoms with Crippen molar-refractivity contribution in [1.82, 2.24) is 5.32 Å². The van der Waals surface area contributed by atoms with Crippen molar-refractivity contribution in [1.29, 1.82) is 0 Å². The fourth-order valence-corrected chi connectivity index (χ4v) is 2.54. The second kappa shape index (κ2) is 9.02. The van der Waals surface area contributed by atoms with E-state index in [2.05, 4.69) is 5.32 Å². The summed E-state index contributed by atoms with van der Waals surface area (Å²) < 4.78 is 38.7. The zero-order chi connectivity index (χ0) is 17.5. The van der Waals surface area contributed by atoms with Crippen molar-refractivity contribution < 1.29 is 32.7 Å². The van der Waals surface area contributed by atoms with E-state index in [4.69, 9.17) is 5.11 Å². The molecule has 0 radical (unpaired) electrons. The zero-order valence-corrected chi connectivity index (χ0v) is 13.4. The van der Waals surface area contributed by atoms with Crippen LogP contribution in [0, 0.1) is 11.8 Å². The van der Waals surface area contributed by atoms with E-state index >= 15 is 0 Å². The van der Waals surface area contributed by atoms with Crippen molar-refractivity contribution in [3.8, 4) is 0 Å². The van der Waals surface area contributed by atoms with E-state index in [9.17, 15) is 27.6 Å². The van der Waals surface area contributed by atoms with Crippen LogP contribution in [0.4, 0.5) is 13.2 Å². The Morgan fingerprint density at radius 1 is 1.23 bits per heavy atom. The lowest BCUT2D eigenvalue weighted by Crippen LogP contribution is -2.46. The topological polar surface area (TPSA) is 83.5 Å². The molecular formula is C13H20F3NO4S. The molecule has 0 aromatic rings. The molecule has 0 aromatic carbocycles. The molecule has 0 fully saturated rings. The molecule has 1 unspecified atom stereocenters. The molecule has 5 nitrogen and oxygen atoms in total. The number of hydrogen-bond donors (Lipinski definition) is 2. The number of halogens is 3. The minimum Gasteiger partial charge on any atom is -0.481 e. The number of rotatable bonds is 8. The quantitative estimate of drug-likeness (QED) is 0.707. The van der Waals surface area contributed by atoms with Gasteiger partial charge in [0.1, 0.15) is 5.92 Å². The lowest BCUT2D eigenvalue weighted by Gasteiger charge is -2.24. The van der Waals surface area contributed by atoms with Crippen LogP contribution in [-0.2, 0) is 14.4 Å². The maximum absolute atomic E-state index is 12.9. The summed E-state index contributed by atoms with van der Waals surface area (Å²) in [5.74, 6) is -5.54. The standard InChI is InChI=1S/C13H20F3NO4S/c1-7(2)4-9(5-11(19)20)17-12(21)10(13(14,15)16)6-22-8(3)18/h7,9-10H,4-6H2,1-3H3,(H,17,21)(H,19,20)/t9-,10?/m0/s1. The summed E-state index contributed by atoms with van der Waals surface area (Å²) in [6.07, 6.45) is -4.99. The van der Waals surface area contributed by atoms with Crippen molar-refractivity contribution in [3.63, 3.8) is 0 Å². The molecule has 0 spiro atoms. The van der Waals surface area contributed by atoms with Gasteiger partial charge >= 0.3 is 12.1 Å². The van der Waals surface area contributed by atoms with Gasteiger partial charge in [-0.05, 0) is 12.3 Å². The highest BCUT2D eigenvalue weighted by Gasteiger charge is 2.45. The minimum atomic E-state index is -4.79. The zero-order valence-electron chi connectivity index (χ0n) is 12.6. The summed E-state index contributed by atoms with van der Waals surface area (Å²) in [5, 5.41) is 10.4. The third kappa shape index (κ3) is 8.91. The number of hydrogen-bond acceptors (Lipinski definition) is 4. The van der Waals surface area contributed by atoms with E-state index in [1.54, 1.807) is 13.8 Å². The number of nitrogens with one attached hydrogen (secondary N) is 1. The van der Waals surface area contributed by atoms with E-state index in [0.717, 1.165) is 6.92 Å². The number of carboxylic acid groups (broad SMARTS) is 1. The molecule has 0 aromatic heterocycles. The Morgan fingerprint density at radius 2 is 1.77 bits per heavy atom. The van der Waals surface area contributed by atoms with Gasteiger partial charge in [0.05, 0.1) is 6.42 Å². The third-order valence-electron chi connectivity index (χ3n) is 2.69. The van der Waals surface area contributed by atoms with Crippen LogP contribution < -0.4 is 5.32 Å². The largest absolute Gasteiger partial charge is 0.481 e. The van der Waals surface area contributed by atoms with Crippen molar-refractivity contribution in [2.75, 3.05) is 5.75 Å². The Kier molecular flexibility index (Phi) is 8.50. The summed E-state index contributed by atoms with van der Waals surface area (Å²) in [5.41, 5.74) is 0. The van der Waals surface area contributed by atoms with Crippen LogP contribution in [-0.4, -0.2) is 40.1 Å². The molecule has 0 aliphatic rings. The highest BCUT2D eigenvalue weighted by Crippen LogP contribution is 2.30. The average molecular weight is 343 g/mol. The number of carbonyl (C=O) groups is 3. The number of alkyl halides is 3. The Balaban J connectivity index is 4.94. The average Bonchev–Trinajstić information content (AvgIpc) is 2.24. The molecule has 1 amide bonds. The molecule has 2 N–H and O–H groups in total. The van der Waals surface area contributed by atoms with E-state index < -0.39 is 47.3 Å². The predicted molar refractivity (Wildman–Crippen MR) is 76.3 cm³/mol. The fraction of sp³-hybridized carbons (Fsp3) is 0.769. The normalized spacial score (nSPS) is 14.5. The molecule has 128 valence electrons. The summed E-state index contributed by atoms with van der Waals surface area (Å²) in [7, 11) is 0. The highest BCUT2D eigenvalue weighted by atomic mass is 32.2. The van der Waals surface area contributed by atoms with E-state index in [0.29, 0.717) is 11.8 Å². The lowest BCUT2D eigenvalue weighted by molar-refractivity contribution is -0.178. The van der Waals surface area contributed by atoms with Gasteiger partial charge in [0.25, 0.3) is 0 Å². The number of thioether (sulfide) groups is 1. The van der Waals surface area contributed by atoms with Crippen LogP contribution in [0.2, 0.25) is 0 Å². The minimum absolute atomic E-state index is 0.0144. The van der Waals surface area contributed by atoms with Crippen LogP contribution in [0.15, 0.2) is 0 Å². The fourth-order valence-electron chi connectivity index (χ4n) is 1.79. The van der Waals surface area contributed by atoms with Crippen LogP contribution in [0.3, 0.4) is 0 Å². The number of amides is 1. The Bertz CT molecular complexity index is 413. The predicted octanol–water partition coefficient (Wildman–Crippen LogP) is 2.45. The van der Waals surface area contributed by atoms with Gasteiger partial charge in [0, 0.05) is 18.7 Å². The lowest BCUT2D eigenvalue weighted by atomic mass is 10.00. The van der Waals surface area contributed by atoms with E-state index in [-0.39, 0.29) is 12.3 Å². The van der Waals surface area contributed by atoms with E-state index in [1.165, 1.54) is 0 Å². The summed E-state index contributed by atoms with van der Waals surface area (Å²) in [6.45, 7) is 4.66. The van der Waals surface area contributed by atoms with Gasteiger partial charge in [-0.2, -0.15) is 13.2 Å². The third-order valence-corrected chi connectivity index (χ3v) is 3.59. The van der Waals surface area contributed by atoms with E-state index in [1.807, 2.05) is 0 Å². The Morgan fingerprint density at radius 3 is 2.14 bits per heavy atom. The number of carboxylic acids is 1. The molecule has 0 heterocycles. The van der Waals surface area contributed by atoms with Crippen LogP contribution in [0.1, 0.15) is 33.6 Å². The molecule has 2 atom stereocenters. The monoisotopic (exact) mass is 343 g/mol. The first-order valence-electron chi connectivity index (χ1n) is 6.65. The van der Waals surface area contributed by atoms with Gasteiger partial charge in [0.2, 0.25) is 5.91 Å². The summed E-state index contributed by atoms with van der Waals surface area (Å²) >= 11 is 0.413. The van der Waals surface area contributed by atoms with Gasteiger partial charge < -0.3 is 10.4 Å². The molecular weight excluding hydrogens is 323 g/mol. The van der Waals surface area contributed by atoms with Crippen molar-refractivity contribution in [2.45, 2.75) is 45.8 Å². The smallest absolute Gasteiger partial charge is 0.401 e. The van der Waals surface area contributed by atoms with Crippen LogP contribution in [0.25, 0.3) is 0 Å². The molecule has 0 rings (SSSR count). The summed E-state index contributed by atoms with van der Waals surface area (Å²) in [4.78, 5) is 33.4. The molecule has 0 saturated carbocycles. The second-order valence-corrected chi connectivity index (χ2v) is 6.53. The molecule has 0 aliphatic carbocycles. The van der Waals surface area contributed by atoms with Crippen molar-refractivity contribution in [2.24, 2.45) is 11.8 Å². The maximum Gasteiger partial charge on any atom is 0.401 e. The Labute approximate surface area is 131 Å². The van der Waals surface area contributed by atoms with Gasteiger partial charge in [0.15, 0.2) is 5.12 Å². The number of aliphatic carboxylic acids is 1. The number of carbonyl (C=O) groups excluding carboxylic acids is 2. The van der Waals surface area contributed by atoms with Crippen molar-refractivity contribution >= 4 is 28.8 Å². The van der Waals surface area contributed by atoms with Crippen molar-refractivity contribution in [3.05, 3.63) is 0 Å². The second-order valence-electron chi connectivity index (χ2n) is 5.33. The van der Waals surface area contributed by atoms with Crippen LogP contribution >= 0.6 is 11.8 Å². The van der Waals surface area contributed by atoms with Gasteiger partial charge in [-0.25, -0.2) is 0 Å². The molecule has 0 bridgehead atoms. The summed E-state index contributed by atoms with van der Waals surface area (Å²) in [6, 6.07) is -0.878. The highest BCUT2D eigenvalue weighted by molar-refractivity contribution is 8.13. The molecule has 0 aliphatic heterocycles. The first kappa shape index (κ1) is 20.8. The van der Waals surface area contributed by atoms with Gasteiger partial charge in [-0.1, -0.05) is 25.6 Å². The molecule has 22 heavy (non-hydrogen) atoms.